The maximum Gasteiger partial charge on any atom is 0.143 e. The van der Waals surface area contributed by atoms with Crippen molar-refractivity contribution in [1.82, 2.24) is 4.98 Å². The molecule has 1 atom stereocenters. The molecular formula is C16H19NO2. The molecular weight excluding hydrogens is 238 g/mol. The Morgan fingerprint density at radius 1 is 1.21 bits per heavy atom. The van der Waals surface area contributed by atoms with Crippen LogP contribution in [0.25, 0.3) is 0 Å². The molecule has 0 spiro atoms. The number of aryl methyl sites for hydroxylation is 1. The van der Waals surface area contributed by atoms with E-state index in [1.807, 2.05) is 12.1 Å². The van der Waals surface area contributed by atoms with Gasteiger partial charge in [-0.3, -0.25) is 4.98 Å². The van der Waals surface area contributed by atoms with Gasteiger partial charge in [0.05, 0.1) is 13.3 Å². The highest BCUT2D eigenvalue weighted by molar-refractivity contribution is 5.38. The quantitative estimate of drug-likeness (QED) is 0.894. The van der Waals surface area contributed by atoms with Crippen LogP contribution in [0.1, 0.15) is 36.1 Å². The minimum absolute atomic E-state index is 0.604. The number of nitrogens with zero attached hydrogens (tertiary/aromatic N) is 1. The second kappa shape index (κ2) is 6.34. The SMILES string of the molecule is CCCc1ccc(C(O)c2ccncc2OC)cc1. The number of hydrogen-bond acceptors (Lipinski definition) is 3. The minimum atomic E-state index is -0.686. The van der Waals surface area contributed by atoms with Crippen molar-refractivity contribution in [3.8, 4) is 5.75 Å². The molecule has 3 nitrogen and oxygen atoms in total. The summed E-state index contributed by atoms with van der Waals surface area (Å²) in [5.41, 5.74) is 2.89. The molecule has 1 aromatic heterocycles. The Morgan fingerprint density at radius 3 is 2.58 bits per heavy atom. The predicted octanol–water partition coefficient (Wildman–Crippen LogP) is 3.12. The average molecular weight is 257 g/mol. The van der Waals surface area contributed by atoms with E-state index in [4.69, 9.17) is 4.74 Å². The molecule has 1 heterocycles. The number of aliphatic hydroxyl groups excluding tert-OH is 1. The molecule has 0 aliphatic heterocycles. The van der Waals surface area contributed by atoms with Gasteiger partial charge in [-0.25, -0.2) is 0 Å². The van der Waals surface area contributed by atoms with Crippen LogP contribution in [-0.4, -0.2) is 17.2 Å². The summed E-state index contributed by atoms with van der Waals surface area (Å²) in [4.78, 5) is 3.99. The van der Waals surface area contributed by atoms with Crippen molar-refractivity contribution in [2.75, 3.05) is 7.11 Å². The molecule has 1 aromatic carbocycles. The fraction of sp³-hybridized carbons (Fsp3) is 0.312. The molecule has 0 aliphatic rings. The van der Waals surface area contributed by atoms with Gasteiger partial charge in [0, 0.05) is 11.8 Å². The molecule has 0 bridgehead atoms. The smallest absolute Gasteiger partial charge is 0.143 e. The van der Waals surface area contributed by atoms with Crippen LogP contribution in [0.3, 0.4) is 0 Å². The molecule has 0 saturated heterocycles. The van der Waals surface area contributed by atoms with Gasteiger partial charge in [-0.15, -0.1) is 0 Å². The van der Waals surface area contributed by atoms with E-state index >= 15 is 0 Å². The zero-order valence-electron chi connectivity index (χ0n) is 11.3. The van der Waals surface area contributed by atoms with Gasteiger partial charge in [0.15, 0.2) is 0 Å². The second-order valence-corrected chi connectivity index (χ2v) is 4.51. The van der Waals surface area contributed by atoms with Crippen LogP contribution in [0.5, 0.6) is 5.75 Å². The standard InChI is InChI=1S/C16H19NO2/c1-3-4-12-5-7-13(8-6-12)16(18)14-9-10-17-11-15(14)19-2/h5-11,16,18H,3-4H2,1-2H3. The van der Waals surface area contributed by atoms with Crippen molar-refractivity contribution in [3.05, 3.63) is 59.4 Å². The third-order valence-electron chi connectivity index (χ3n) is 3.17. The number of aromatic nitrogens is 1. The molecule has 1 N–H and O–H groups in total. The van der Waals surface area contributed by atoms with Crippen LogP contribution in [-0.2, 0) is 6.42 Å². The molecule has 2 aromatic rings. The van der Waals surface area contributed by atoms with E-state index in [-0.39, 0.29) is 0 Å². The first-order valence-electron chi connectivity index (χ1n) is 6.51. The van der Waals surface area contributed by atoms with Gasteiger partial charge in [-0.1, -0.05) is 37.6 Å². The zero-order chi connectivity index (χ0) is 13.7. The highest BCUT2D eigenvalue weighted by atomic mass is 16.5. The summed E-state index contributed by atoms with van der Waals surface area (Å²) < 4.78 is 5.23. The summed E-state index contributed by atoms with van der Waals surface area (Å²) in [6.45, 7) is 2.16. The minimum Gasteiger partial charge on any atom is -0.495 e. The lowest BCUT2D eigenvalue weighted by Crippen LogP contribution is -2.03. The lowest BCUT2D eigenvalue weighted by atomic mass is 9.99. The molecule has 0 fully saturated rings. The van der Waals surface area contributed by atoms with Gasteiger partial charge in [0.25, 0.3) is 0 Å². The lowest BCUT2D eigenvalue weighted by molar-refractivity contribution is 0.214. The molecule has 100 valence electrons. The number of aliphatic hydroxyl groups is 1. The fourth-order valence-electron chi connectivity index (χ4n) is 2.12. The summed E-state index contributed by atoms with van der Waals surface area (Å²) in [6, 6.07) is 9.85. The van der Waals surface area contributed by atoms with Gasteiger partial charge < -0.3 is 9.84 Å². The van der Waals surface area contributed by atoms with Gasteiger partial charge in [0.2, 0.25) is 0 Å². The van der Waals surface area contributed by atoms with Crippen LogP contribution in [0, 0.1) is 0 Å². The second-order valence-electron chi connectivity index (χ2n) is 4.51. The normalized spacial score (nSPS) is 12.2. The van der Waals surface area contributed by atoms with E-state index in [1.165, 1.54) is 5.56 Å². The van der Waals surface area contributed by atoms with Crippen LogP contribution < -0.4 is 4.74 Å². The number of pyridine rings is 1. The maximum absolute atomic E-state index is 10.4. The summed E-state index contributed by atoms with van der Waals surface area (Å²) in [5.74, 6) is 0.604. The van der Waals surface area contributed by atoms with E-state index in [0.29, 0.717) is 5.75 Å². The molecule has 3 heteroatoms. The lowest BCUT2D eigenvalue weighted by Gasteiger charge is -2.15. The van der Waals surface area contributed by atoms with E-state index < -0.39 is 6.10 Å². The van der Waals surface area contributed by atoms with Crippen molar-refractivity contribution in [2.45, 2.75) is 25.9 Å². The topological polar surface area (TPSA) is 42.4 Å². The molecule has 1 unspecified atom stereocenters. The molecule has 2 rings (SSSR count). The first kappa shape index (κ1) is 13.6. The first-order chi connectivity index (χ1) is 9.26. The average Bonchev–Trinajstić information content (AvgIpc) is 2.47. The molecule has 19 heavy (non-hydrogen) atoms. The summed E-state index contributed by atoms with van der Waals surface area (Å²) in [6.07, 6.45) is 4.78. The zero-order valence-corrected chi connectivity index (χ0v) is 11.3. The molecule has 0 amide bonds. The molecule has 0 saturated carbocycles. The Labute approximate surface area is 113 Å². The van der Waals surface area contributed by atoms with Crippen molar-refractivity contribution in [2.24, 2.45) is 0 Å². The van der Waals surface area contributed by atoms with Crippen molar-refractivity contribution in [1.29, 1.82) is 0 Å². The third kappa shape index (κ3) is 3.12. The number of hydrogen-bond donors (Lipinski definition) is 1. The monoisotopic (exact) mass is 257 g/mol. The Morgan fingerprint density at radius 2 is 1.95 bits per heavy atom. The molecule has 0 aliphatic carbocycles. The number of methoxy groups -OCH3 is 1. The summed E-state index contributed by atoms with van der Waals surface area (Å²) in [5, 5.41) is 10.4. The van der Waals surface area contributed by atoms with E-state index in [0.717, 1.165) is 24.0 Å². The van der Waals surface area contributed by atoms with Gasteiger partial charge in [-0.05, 0) is 23.6 Å². The highest BCUT2D eigenvalue weighted by Crippen LogP contribution is 2.29. The fourth-order valence-corrected chi connectivity index (χ4v) is 2.12. The number of benzene rings is 1. The van der Waals surface area contributed by atoms with Crippen LogP contribution in [0.15, 0.2) is 42.7 Å². The third-order valence-corrected chi connectivity index (χ3v) is 3.17. The Kier molecular flexibility index (Phi) is 4.53. The summed E-state index contributed by atoms with van der Waals surface area (Å²) >= 11 is 0. The van der Waals surface area contributed by atoms with E-state index in [2.05, 4.69) is 24.0 Å². The highest BCUT2D eigenvalue weighted by Gasteiger charge is 2.15. The van der Waals surface area contributed by atoms with Crippen LogP contribution >= 0.6 is 0 Å². The summed E-state index contributed by atoms with van der Waals surface area (Å²) in [7, 11) is 1.58. The first-order valence-corrected chi connectivity index (χ1v) is 6.51. The Balaban J connectivity index is 2.25. The predicted molar refractivity (Wildman–Crippen MR) is 75.3 cm³/mol. The van der Waals surface area contributed by atoms with Gasteiger partial charge in [0.1, 0.15) is 11.9 Å². The van der Waals surface area contributed by atoms with Crippen LogP contribution in [0.2, 0.25) is 0 Å². The van der Waals surface area contributed by atoms with Crippen molar-refractivity contribution in [3.63, 3.8) is 0 Å². The number of rotatable bonds is 5. The van der Waals surface area contributed by atoms with Crippen molar-refractivity contribution < 1.29 is 9.84 Å². The van der Waals surface area contributed by atoms with Crippen molar-refractivity contribution >= 4 is 0 Å². The Hall–Kier alpha value is -1.87. The Bertz CT molecular complexity index is 523. The number of ether oxygens (including phenoxy) is 1. The molecule has 0 radical (unpaired) electrons. The van der Waals surface area contributed by atoms with Gasteiger partial charge >= 0.3 is 0 Å². The van der Waals surface area contributed by atoms with E-state index in [1.54, 1.807) is 25.6 Å². The van der Waals surface area contributed by atoms with E-state index in [9.17, 15) is 5.11 Å². The largest absolute Gasteiger partial charge is 0.495 e. The maximum atomic E-state index is 10.4. The van der Waals surface area contributed by atoms with Gasteiger partial charge in [-0.2, -0.15) is 0 Å². The van der Waals surface area contributed by atoms with Crippen LogP contribution in [0.4, 0.5) is 0 Å².